The minimum atomic E-state index is -0.0516. The predicted octanol–water partition coefficient (Wildman–Crippen LogP) is 4.79. The van der Waals surface area contributed by atoms with E-state index in [-0.39, 0.29) is 11.6 Å². The van der Waals surface area contributed by atoms with E-state index in [2.05, 4.69) is 4.90 Å². The van der Waals surface area contributed by atoms with Crippen molar-refractivity contribution in [1.29, 1.82) is 0 Å². The van der Waals surface area contributed by atoms with E-state index in [1.807, 2.05) is 18.2 Å². The van der Waals surface area contributed by atoms with Gasteiger partial charge in [0, 0.05) is 21.6 Å². The van der Waals surface area contributed by atoms with Crippen molar-refractivity contribution >= 4 is 23.2 Å². The zero-order valence-electron chi connectivity index (χ0n) is 12.5. The molecular weight excluding hydrogens is 303 g/mol. The van der Waals surface area contributed by atoms with E-state index < -0.39 is 0 Å². The molecule has 3 rings (SSSR count). The molecule has 0 spiro atoms. The smallest absolute Gasteiger partial charge is 0.0497 e. The highest BCUT2D eigenvalue weighted by atomic mass is 35.5. The van der Waals surface area contributed by atoms with E-state index in [9.17, 15) is 0 Å². The average Bonchev–Trinajstić information content (AvgIpc) is 3.01. The van der Waals surface area contributed by atoms with Crippen molar-refractivity contribution in [2.45, 2.75) is 56.5 Å². The number of rotatable bonds is 3. The van der Waals surface area contributed by atoms with Gasteiger partial charge >= 0.3 is 0 Å². The van der Waals surface area contributed by atoms with Gasteiger partial charge in [0.2, 0.25) is 0 Å². The van der Waals surface area contributed by atoms with Crippen molar-refractivity contribution in [3.8, 4) is 0 Å². The fourth-order valence-electron chi connectivity index (χ4n) is 4.19. The van der Waals surface area contributed by atoms with Crippen LogP contribution in [0.25, 0.3) is 0 Å². The van der Waals surface area contributed by atoms with E-state index in [1.165, 1.54) is 58.0 Å². The lowest BCUT2D eigenvalue weighted by Gasteiger charge is -2.47. The minimum Gasteiger partial charge on any atom is -0.322 e. The summed E-state index contributed by atoms with van der Waals surface area (Å²) in [6, 6.07) is 5.61. The highest BCUT2D eigenvalue weighted by Gasteiger charge is 2.45. The molecule has 4 heteroatoms. The first-order valence-corrected chi connectivity index (χ1v) is 8.85. The summed E-state index contributed by atoms with van der Waals surface area (Å²) in [4.78, 5) is 2.64. The predicted molar refractivity (Wildman–Crippen MR) is 90.0 cm³/mol. The quantitative estimate of drug-likeness (QED) is 0.865. The Morgan fingerprint density at radius 1 is 1.00 bits per heavy atom. The van der Waals surface area contributed by atoms with Crippen LogP contribution in [0, 0.1) is 0 Å². The van der Waals surface area contributed by atoms with E-state index in [0.29, 0.717) is 0 Å². The topological polar surface area (TPSA) is 29.3 Å². The van der Waals surface area contributed by atoms with Crippen LogP contribution in [-0.2, 0) is 0 Å². The molecule has 2 nitrogen and oxygen atoms in total. The summed E-state index contributed by atoms with van der Waals surface area (Å²) >= 11 is 12.6. The van der Waals surface area contributed by atoms with Gasteiger partial charge in [0.05, 0.1) is 0 Å². The number of hydrogen-bond acceptors (Lipinski definition) is 2. The van der Waals surface area contributed by atoms with Gasteiger partial charge in [0.15, 0.2) is 0 Å². The van der Waals surface area contributed by atoms with Gasteiger partial charge in [-0.2, -0.15) is 0 Å². The lowest BCUT2D eigenvalue weighted by molar-refractivity contribution is 0.0478. The summed E-state index contributed by atoms with van der Waals surface area (Å²) in [5.74, 6) is 0. The number of piperidine rings is 1. The molecule has 1 aromatic carbocycles. The lowest BCUT2D eigenvalue weighted by Crippen LogP contribution is -2.55. The van der Waals surface area contributed by atoms with Crippen LogP contribution in [0.3, 0.4) is 0 Å². The molecule has 1 saturated heterocycles. The first kappa shape index (κ1) is 15.6. The Morgan fingerprint density at radius 3 is 2.33 bits per heavy atom. The standard InChI is InChI=1S/C17H24Cl2N2/c18-13-6-7-15(19)14(12-13)16(20)17(8-2-3-9-17)21-10-4-1-5-11-21/h6-7,12,16H,1-5,8-11,20H2. The molecule has 0 amide bonds. The maximum absolute atomic E-state index is 6.75. The Labute approximate surface area is 137 Å². The molecule has 2 N–H and O–H groups in total. The molecular formula is C17H24Cl2N2. The van der Waals surface area contributed by atoms with Gasteiger partial charge in [-0.15, -0.1) is 0 Å². The number of benzene rings is 1. The normalized spacial score (nSPS) is 24.1. The molecule has 1 saturated carbocycles. The van der Waals surface area contributed by atoms with Crippen molar-refractivity contribution in [3.05, 3.63) is 33.8 Å². The SMILES string of the molecule is NC(c1cc(Cl)ccc1Cl)C1(N2CCCCC2)CCCC1. The van der Waals surface area contributed by atoms with Crippen LogP contribution in [0.1, 0.15) is 56.6 Å². The molecule has 1 unspecified atom stereocenters. The summed E-state index contributed by atoms with van der Waals surface area (Å²) in [7, 11) is 0. The van der Waals surface area contributed by atoms with Gasteiger partial charge in [-0.3, -0.25) is 4.90 Å². The van der Waals surface area contributed by atoms with Gasteiger partial charge in [-0.25, -0.2) is 0 Å². The summed E-state index contributed by atoms with van der Waals surface area (Å²) in [5, 5.41) is 1.46. The van der Waals surface area contributed by atoms with Gasteiger partial charge in [0.1, 0.15) is 0 Å². The Hall–Kier alpha value is -0.280. The number of halogens is 2. The summed E-state index contributed by atoms with van der Waals surface area (Å²) in [5.41, 5.74) is 7.84. The lowest BCUT2D eigenvalue weighted by atomic mass is 9.81. The Bertz CT molecular complexity index is 492. The monoisotopic (exact) mass is 326 g/mol. The molecule has 1 aliphatic carbocycles. The third-order valence-electron chi connectivity index (χ3n) is 5.33. The van der Waals surface area contributed by atoms with E-state index in [1.54, 1.807) is 0 Å². The molecule has 1 aromatic rings. The number of nitrogens with zero attached hydrogens (tertiary/aromatic N) is 1. The van der Waals surface area contributed by atoms with Gasteiger partial charge in [-0.1, -0.05) is 42.5 Å². The van der Waals surface area contributed by atoms with E-state index in [0.717, 1.165) is 15.6 Å². The average molecular weight is 327 g/mol. The largest absolute Gasteiger partial charge is 0.322 e. The highest BCUT2D eigenvalue weighted by Crippen LogP contribution is 2.46. The molecule has 1 atom stereocenters. The second kappa shape index (κ2) is 6.45. The van der Waals surface area contributed by atoms with Crippen LogP contribution in [0.5, 0.6) is 0 Å². The molecule has 21 heavy (non-hydrogen) atoms. The Balaban J connectivity index is 1.94. The van der Waals surface area contributed by atoms with Crippen molar-refractivity contribution in [1.82, 2.24) is 4.90 Å². The Morgan fingerprint density at radius 2 is 1.67 bits per heavy atom. The van der Waals surface area contributed by atoms with Crippen molar-refractivity contribution in [2.75, 3.05) is 13.1 Å². The maximum Gasteiger partial charge on any atom is 0.0497 e. The number of nitrogens with two attached hydrogens (primary N) is 1. The zero-order valence-corrected chi connectivity index (χ0v) is 14.0. The third-order valence-corrected chi connectivity index (χ3v) is 5.91. The summed E-state index contributed by atoms with van der Waals surface area (Å²) < 4.78 is 0. The highest BCUT2D eigenvalue weighted by molar-refractivity contribution is 6.33. The van der Waals surface area contributed by atoms with Crippen LogP contribution in [0.4, 0.5) is 0 Å². The van der Waals surface area contributed by atoms with Crippen molar-refractivity contribution in [2.24, 2.45) is 5.73 Å². The second-order valence-corrected chi connectivity index (χ2v) is 7.35. The first-order valence-electron chi connectivity index (χ1n) is 8.09. The van der Waals surface area contributed by atoms with E-state index >= 15 is 0 Å². The molecule has 2 fully saturated rings. The molecule has 116 valence electrons. The molecule has 2 aliphatic rings. The second-order valence-electron chi connectivity index (χ2n) is 6.50. The summed E-state index contributed by atoms with van der Waals surface area (Å²) in [6.45, 7) is 2.35. The molecule has 1 heterocycles. The maximum atomic E-state index is 6.75. The molecule has 0 radical (unpaired) electrons. The van der Waals surface area contributed by atoms with Gasteiger partial charge in [-0.05, 0) is 62.5 Å². The Kier molecular flexibility index (Phi) is 4.80. The molecule has 1 aliphatic heterocycles. The fourth-order valence-corrected chi connectivity index (χ4v) is 4.61. The number of hydrogen-bond donors (Lipinski definition) is 1. The van der Waals surface area contributed by atoms with Gasteiger partial charge in [0.25, 0.3) is 0 Å². The van der Waals surface area contributed by atoms with Crippen molar-refractivity contribution in [3.63, 3.8) is 0 Å². The fraction of sp³-hybridized carbons (Fsp3) is 0.647. The number of likely N-dealkylation sites (tertiary alicyclic amines) is 1. The van der Waals surface area contributed by atoms with Crippen LogP contribution in [0.15, 0.2) is 18.2 Å². The van der Waals surface area contributed by atoms with Crippen LogP contribution < -0.4 is 5.73 Å². The van der Waals surface area contributed by atoms with Crippen LogP contribution >= 0.6 is 23.2 Å². The third kappa shape index (κ3) is 2.96. The zero-order chi connectivity index (χ0) is 14.9. The van der Waals surface area contributed by atoms with Crippen molar-refractivity contribution < 1.29 is 0 Å². The van der Waals surface area contributed by atoms with Gasteiger partial charge < -0.3 is 5.73 Å². The molecule has 0 bridgehead atoms. The van der Waals surface area contributed by atoms with Crippen LogP contribution in [0.2, 0.25) is 10.0 Å². The summed E-state index contributed by atoms with van der Waals surface area (Å²) in [6.07, 6.45) is 8.81. The first-order chi connectivity index (χ1) is 10.1. The minimum absolute atomic E-state index is 0.0516. The van der Waals surface area contributed by atoms with Crippen LogP contribution in [-0.4, -0.2) is 23.5 Å². The molecule has 0 aromatic heterocycles. The van der Waals surface area contributed by atoms with E-state index in [4.69, 9.17) is 28.9 Å².